The number of carbonyl (C=O) groups excluding carboxylic acids is 1. The zero-order valence-electron chi connectivity index (χ0n) is 12.8. The van der Waals surface area contributed by atoms with Crippen LogP contribution in [0.2, 0.25) is 0 Å². The van der Waals surface area contributed by atoms with E-state index in [4.69, 9.17) is 0 Å². The van der Waals surface area contributed by atoms with Gasteiger partial charge in [0.15, 0.2) is 0 Å². The summed E-state index contributed by atoms with van der Waals surface area (Å²) < 4.78 is 24.6. The fourth-order valence-corrected chi connectivity index (χ4v) is 3.22. The first-order chi connectivity index (χ1) is 9.42. The minimum Gasteiger partial charge on any atom is -0.338 e. The van der Waals surface area contributed by atoms with Gasteiger partial charge >= 0.3 is 0 Å². The Morgan fingerprint density at radius 3 is 2.35 bits per heavy atom. The van der Waals surface area contributed by atoms with Gasteiger partial charge in [0.25, 0.3) is 0 Å². The first-order valence-electron chi connectivity index (χ1n) is 7.36. The number of carbonyl (C=O) groups is 1. The second kappa shape index (κ2) is 7.95. The average molecular weight is 305 g/mol. The van der Waals surface area contributed by atoms with Gasteiger partial charge in [0, 0.05) is 19.6 Å². The molecule has 0 atom stereocenters. The molecule has 0 bridgehead atoms. The molecule has 7 heteroatoms. The lowest BCUT2D eigenvalue weighted by atomic mass is 10.0. The minimum absolute atomic E-state index is 0.0257. The summed E-state index contributed by atoms with van der Waals surface area (Å²) in [6, 6.07) is 0.237. The molecule has 1 rings (SSSR count). The van der Waals surface area contributed by atoms with Gasteiger partial charge in [0.1, 0.15) is 0 Å². The molecule has 6 nitrogen and oxygen atoms in total. The van der Waals surface area contributed by atoms with E-state index in [1.54, 1.807) is 6.92 Å². The Bertz CT molecular complexity index is 405. The Morgan fingerprint density at radius 2 is 1.85 bits per heavy atom. The van der Waals surface area contributed by atoms with Crippen molar-refractivity contribution in [3.05, 3.63) is 0 Å². The Hall–Kier alpha value is -0.660. The van der Waals surface area contributed by atoms with Crippen molar-refractivity contribution in [1.82, 2.24) is 14.5 Å². The van der Waals surface area contributed by atoms with Crippen molar-refractivity contribution in [2.45, 2.75) is 39.2 Å². The maximum atomic E-state index is 12.4. The molecule has 0 aromatic carbocycles. The molecule has 118 valence electrons. The largest absolute Gasteiger partial charge is 0.338 e. The number of likely N-dealkylation sites (N-methyl/N-ethyl adjacent to an activating group) is 1. The van der Waals surface area contributed by atoms with E-state index in [0.29, 0.717) is 6.54 Å². The Kier molecular flexibility index (Phi) is 6.91. The lowest BCUT2D eigenvalue weighted by Gasteiger charge is -2.35. The number of hydrogen-bond acceptors (Lipinski definition) is 4. The molecule has 0 aliphatic carbocycles. The average Bonchev–Trinajstić information content (AvgIpc) is 2.45. The normalized spacial score (nSPS) is 17.4. The van der Waals surface area contributed by atoms with Crippen molar-refractivity contribution >= 4 is 15.9 Å². The number of piperidine rings is 1. The van der Waals surface area contributed by atoms with E-state index in [2.05, 4.69) is 5.32 Å². The quantitative estimate of drug-likeness (QED) is 0.732. The van der Waals surface area contributed by atoms with Crippen LogP contribution in [0.3, 0.4) is 0 Å². The predicted octanol–water partition coefficient (Wildman–Crippen LogP) is 0.259. The first kappa shape index (κ1) is 17.4. The van der Waals surface area contributed by atoms with Crippen molar-refractivity contribution in [3.63, 3.8) is 0 Å². The number of hydrogen-bond donors (Lipinski definition) is 1. The highest BCUT2D eigenvalue weighted by atomic mass is 32.2. The van der Waals surface area contributed by atoms with Gasteiger partial charge < -0.3 is 10.2 Å². The van der Waals surface area contributed by atoms with Crippen molar-refractivity contribution in [2.75, 3.05) is 39.0 Å². The van der Waals surface area contributed by atoms with Gasteiger partial charge in [0.05, 0.1) is 12.3 Å². The molecule has 1 heterocycles. The van der Waals surface area contributed by atoms with Crippen LogP contribution in [0.1, 0.15) is 33.1 Å². The number of nitrogens with zero attached hydrogens (tertiary/aromatic N) is 2. The molecule has 0 unspecified atom stereocenters. The molecule has 1 aliphatic rings. The second-order valence-electron chi connectivity index (χ2n) is 5.22. The molecular weight excluding hydrogens is 278 g/mol. The number of sulfonamides is 1. The van der Waals surface area contributed by atoms with Crippen LogP contribution in [0.25, 0.3) is 0 Å². The predicted molar refractivity (Wildman–Crippen MR) is 80.0 cm³/mol. The summed E-state index contributed by atoms with van der Waals surface area (Å²) in [5.41, 5.74) is 0. The highest BCUT2D eigenvalue weighted by molar-refractivity contribution is 7.89. The van der Waals surface area contributed by atoms with E-state index >= 15 is 0 Å². The third-order valence-corrected chi connectivity index (χ3v) is 5.54. The third kappa shape index (κ3) is 4.71. The number of rotatable bonds is 7. The standard InChI is InChI=1S/C13H27N3O3S/c1-4-10-16(12-6-8-14-9-7-12)13(17)11-15(3)20(18,19)5-2/h12,14H,4-11H2,1-3H3. The maximum Gasteiger partial charge on any atom is 0.238 e. The van der Waals surface area contributed by atoms with Gasteiger partial charge in [-0.05, 0) is 39.3 Å². The summed E-state index contributed by atoms with van der Waals surface area (Å²) in [5.74, 6) is -0.0592. The molecule has 1 aliphatic heterocycles. The van der Waals surface area contributed by atoms with Crippen LogP contribution in [0.4, 0.5) is 0 Å². The van der Waals surface area contributed by atoms with Crippen LogP contribution >= 0.6 is 0 Å². The van der Waals surface area contributed by atoms with Crippen LogP contribution in [0.15, 0.2) is 0 Å². The Morgan fingerprint density at radius 1 is 1.25 bits per heavy atom. The highest BCUT2D eigenvalue weighted by Crippen LogP contribution is 2.13. The summed E-state index contributed by atoms with van der Waals surface area (Å²) in [6.07, 6.45) is 2.77. The van der Waals surface area contributed by atoms with Crippen LogP contribution in [0, 0.1) is 0 Å². The van der Waals surface area contributed by atoms with Crippen LogP contribution in [-0.2, 0) is 14.8 Å². The van der Waals surface area contributed by atoms with Gasteiger partial charge in [0.2, 0.25) is 15.9 Å². The molecule has 1 amide bonds. The second-order valence-corrected chi connectivity index (χ2v) is 7.59. The molecule has 0 radical (unpaired) electrons. The summed E-state index contributed by atoms with van der Waals surface area (Å²) in [5, 5.41) is 3.28. The van der Waals surface area contributed by atoms with E-state index in [9.17, 15) is 13.2 Å². The van der Waals surface area contributed by atoms with E-state index in [1.165, 1.54) is 11.4 Å². The summed E-state index contributed by atoms with van der Waals surface area (Å²) in [7, 11) is -1.82. The van der Waals surface area contributed by atoms with Gasteiger partial charge in [-0.25, -0.2) is 8.42 Å². The molecule has 1 fully saturated rings. The van der Waals surface area contributed by atoms with Gasteiger partial charge in [-0.2, -0.15) is 4.31 Å². The lowest BCUT2D eigenvalue weighted by Crippen LogP contribution is -2.50. The number of amides is 1. The fraction of sp³-hybridized carbons (Fsp3) is 0.923. The molecule has 0 aromatic rings. The summed E-state index contributed by atoms with van der Waals surface area (Å²) >= 11 is 0. The molecule has 0 aromatic heterocycles. The molecule has 20 heavy (non-hydrogen) atoms. The van der Waals surface area contributed by atoms with Crippen LogP contribution in [0.5, 0.6) is 0 Å². The van der Waals surface area contributed by atoms with E-state index < -0.39 is 10.0 Å². The summed E-state index contributed by atoms with van der Waals surface area (Å²) in [4.78, 5) is 14.3. The maximum absolute atomic E-state index is 12.4. The van der Waals surface area contributed by atoms with E-state index in [0.717, 1.165) is 32.4 Å². The van der Waals surface area contributed by atoms with Gasteiger partial charge in [-0.15, -0.1) is 0 Å². The van der Waals surface area contributed by atoms with Crippen molar-refractivity contribution in [2.24, 2.45) is 0 Å². The SMILES string of the molecule is CCCN(C(=O)CN(C)S(=O)(=O)CC)C1CCNCC1. The minimum atomic E-state index is -3.30. The van der Waals surface area contributed by atoms with E-state index in [-0.39, 0.29) is 24.2 Å². The fourth-order valence-electron chi connectivity index (χ4n) is 2.47. The van der Waals surface area contributed by atoms with Crippen molar-refractivity contribution in [3.8, 4) is 0 Å². The molecule has 1 saturated heterocycles. The van der Waals surface area contributed by atoms with Crippen molar-refractivity contribution in [1.29, 1.82) is 0 Å². The zero-order valence-corrected chi connectivity index (χ0v) is 13.6. The highest BCUT2D eigenvalue weighted by Gasteiger charge is 2.27. The van der Waals surface area contributed by atoms with Crippen LogP contribution < -0.4 is 5.32 Å². The molecule has 1 N–H and O–H groups in total. The Labute approximate surface area is 122 Å². The van der Waals surface area contributed by atoms with Gasteiger partial charge in [-0.1, -0.05) is 6.92 Å². The monoisotopic (exact) mass is 305 g/mol. The topological polar surface area (TPSA) is 69.7 Å². The van der Waals surface area contributed by atoms with Gasteiger partial charge in [-0.3, -0.25) is 4.79 Å². The number of nitrogens with one attached hydrogen (secondary N) is 1. The zero-order chi connectivity index (χ0) is 15.2. The van der Waals surface area contributed by atoms with Crippen molar-refractivity contribution < 1.29 is 13.2 Å². The molecule has 0 saturated carbocycles. The first-order valence-corrected chi connectivity index (χ1v) is 8.97. The van der Waals surface area contributed by atoms with E-state index in [1.807, 2.05) is 11.8 Å². The van der Waals surface area contributed by atoms with Crippen LogP contribution in [-0.4, -0.2) is 68.6 Å². The lowest BCUT2D eigenvalue weighted by molar-refractivity contribution is -0.134. The molecule has 0 spiro atoms. The third-order valence-electron chi connectivity index (χ3n) is 3.73. The summed E-state index contributed by atoms with van der Waals surface area (Å²) in [6.45, 7) is 6.10. The molecular formula is C13H27N3O3S. The Balaban J connectivity index is 2.68. The smallest absolute Gasteiger partial charge is 0.238 e.